The van der Waals surface area contributed by atoms with Gasteiger partial charge >= 0.3 is 6.03 Å². The van der Waals surface area contributed by atoms with E-state index in [0.717, 1.165) is 32.2 Å². The molecule has 2 amide bonds. The van der Waals surface area contributed by atoms with E-state index in [1.807, 2.05) is 11.0 Å². The Hall–Kier alpha value is -1.55. The van der Waals surface area contributed by atoms with Gasteiger partial charge in [-0.15, -0.1) is 0 Å². The number of aliphatic hydroxyl groups excluding tert-OH is 1. The zero-order valence-corrected chi connectivity index (χ0v) is 14.4. The maximum absolute atomic E-state index is 12.2. The summed E-state index contributed by atoms with van der Waals surface area (Å²) in [6, 6.07) is 10.5. The number of carbonyl (C=O) groups excluding carboxylic acids is 1. The molecule has 4 heteroatoms. The molecule has 0 radical (unpaired) electrons. The Morgan fingerprint density at radius 2 is 2.09 bits per heavy atom. The first-order chi connectivity index (χ1) is 11.0. The van der Waals surface area contributed by atoms with Gasteiger partial charge in [0.05, 0.1) is 0 Å². The third-order valence-electron chi connectivity index (χ3n) is 4.71. The van der Waals surface area contributed by atoms with Crippen LogP contribution in [0.15, 0.2) is 30.3 Å². The van der Waals surface area contributed by atoms with Crippen molar-refractivity contribution in [2.45, 2.75) is 39.5 Å². The quantitative estimate of drug-likeness (QED) is 0.812. The second-order valence-corrected chi connectivity index (χ2v) is 7.45. The van der Waals surface area contributed by atoms with Gasteiger partial charge < -0.3 is 15.3 Å². The molecule has 1 saturated heterocycles. The third-order valence-corrected chi connectivity index (χ3v) is 4.71. The van der Waals surface area contributed by atoms with E-state index in [0.29, 0.717) is 13.1 Å². The van der Waals surface area contributed by atoms with E-state index in [1.54, 1.807) is 0 Å². The first-order valence-corrected chi connectivity index (χ1v) is 8.68. The lowest BCUT2D eigenvalue weighted by atomic mass is 9.86. The van der Waals surface area contributed by atoms with Gasteiger partial charge in [-0.05, 0) is 36.7 Å². The highest BCUT2D eigenvalue weighted by Crippen LogP contribution is 2.23. The monoisotopic (exact) mass is 318 g/mol. The van der Waals surface area contributed by atoms with Crippen LogP contribution in [0.5, 0.6) is 0 Å². The molecule has 2 rings (SSSR count). The molecule has 23 heavy (non-hydrogen) atoms. The van der Waals surface area contributed by atoms with Gasteiger partial charge in [-0.3, -0.25) is 0 Å². The summed E-state index contributed by atoms with van der Waals surface area (Å²) in [6.45, 7) is 6.72. The first-order valence-electron chi connectivity index (χ1n) is 8.68. The van der Waals surface area contributed by atoms with Crippen molar-refractivity contribution in [2.24, 2.45) is 11.3 Å². The minimum absolute atomic E-state index is 0.0112. The zero-order valence-electron chi connectivity index (χ0n) is 14.4. The summed E-state index contributed by atoms with van der Waals surface area (Å²) in [4.78, 5) is 14.0. The number of amides is 2. The molecule has 1 aromatic rings. The molecule has 1 aliphatic heterocycles. The van der Waals surface area contributed by atoms with Crippen LogP contribution in [0.4, 0.5) is 4.79 Å². The highest BCUT2D eigenvalue weighted by Gasteiger charge is 2.27. The number of aliphatic hydroxyl groups is 1. The highest BCUT2D eigenvalue weighted by atomic mass is 16.3. The van der Waals surface area contributed by atoms with Crippen LogP contribution in [-0.4, -0.2) is 42.3 Å². The molecule has 1 aliphatic rings. The molecule has 0 saturated carbocycles. The summed E-state index contributed by atoms with van der Waals surface area (Å²) < 4.78 is 0. The molecule has 2 N–H and O–H groups in total. The molecular weight excluding hydrogens is 288 g/mol. The van der Waals surface area contributed by atoms with Gasteiger partial charge in [0.15, 0.2) is 0 Å². The first kappa shape index (κ1) is 17.8. The average Bonchev–Trinajstić information content (AvgIpc) is 3.03. The Kier molecular flexibility index (Phi) is 6.46. The number of hydrogen-bond donors (Lipinski definition) is 2. The molecule has 0 spiro atoms. The molecule has 128 valence electrons. The van der Waals surface area contributed by atoms with Gasteiger partial charge in [0.25, 0.3) is 0 Å². The van der Waals surface area contributed by atoms with Crippen molar-refractivity contribution in [3.05, 3.63) is 35.9 Å². The van der Waals surface area contributed by atoms with E-state index in [1.165, 1.54) is 5.56 Å². The van der Waals surface area contributed by atoms with Crippen LogP contribution in [0, 0.1) is 11.3 Å². The van der Waals surface area contributed by atoms with E-state index >= 15 is 0 Å². The van der Waals surface area contributed by atoms with Crippen LogP contribution in [-0.2, 0) is 6.42 Å². The molecule has 0 aromatic heterocycles. The number of carbonyl (C=O) groups is 1. The van der Waals surface area contributed by atoms with Crippen LogP contribution in [0.2, 0.25) is 0 Å². The number of urea groups is 1. The standard InChI is InChI=1S/C19H30N2O2/c1-19(2,11-6-9-16-7-4-3-5-8-16)15-20-18(23)21-12-10-17(13-21)14-22/h3-5,7-8,17,22H,6,9-15H2,1-2H3,(H,20,23). The predicted octanol–water partition coefficient (Wildman–Crippen LogP) is 3.06. The van der Waals surface area contributed by atoms with Crippen LogP contribution in [0.1, 0.15) is 38.7 Å². The van der Waals surface area contributed by atoms with Crippen molar-refractivity contribution in [1.82, 2.24) is 10.2 Å². The molecule has 4 nitrogen and oxygen atoms in total. The highest BCUT2D eigenvalue weighted by molar-refractivity contribution is 5.74. The number of nitrogens with zero attached hydrogens (tertiary/aromatic N) is 1. The number of benzene rings is 1. The lowest BCUT2D eigenvalue weighted by Gasteiger charge is -2.27. The Morgan fingerprint density at radius 1 is 1.35 bits per heavy atom. The molecule has 0 bridgehead atoms. The number of aryl methyl sites for hydroxylation is 1. The van der Waals surface area contributed by atoms with Crippen molar-refractivity contribution in [3.63, 3.8) is 0 Å². The van der Waals surface area contributed by atoms with Crippen molar-refractivity contribution in [1.29, 1.82) is 0 Å². The largest absolute Gasteiger partial charge is 0.396 e. The Balaban J connectivity index is 1.68. The maximum atomic E-state index is 12.2. The van der Waals surface area contributed by atoms with E-state index in [2.05, 4.69) is 43.4 Å². The molecule has 1 aromatic carbocycles. The van der Waals surface area contributed by atoms with Gasteiger partial charge in [-0.2, -0.15) is 0 Å². The van der Waals surface area contributed by atoms with Crippen molar-refractivity contribution < 1.29 is 9.90 Å². The number of rotatable bonds is 7. The van der Waals surface area contributed by atoms with Crippen LogP contribution >= 0.6 is 0 Å². The second kappa shape index (κ2) is 8.34. The van der Waals surface area contributed by atoms with E-state index < -0.39 is 0 Å². The van der Waals surface area contributed by atoms with Crippen LogP contribution in [0.25, 0.3) is 0 Å². The normalized spacial score (nSPS) is 18.2. The van der Waals surface area contributed by atoms with Crippen LogP contribution < -0.4 is 5.32 Å². The average molecular weight is 318 g/mol. The summed E-state index contributed by atoms with van der Waals surface area (Å²) in [5, 5.41) is 12.2. The number of hydrogen-bond acceptors (Lipinski definition) is 2. The Bertz CT molecular complexity index is 487. The fourth-order valence-electron chi connectivity index (χ4n) is 3.10. The molecule has 1 unspecified atom stereocenters. The smallest absolute Gasteiger partial charge is 0.317 e. The lowest BCUT2D eigenvalue weighted by Crippen LogP contribution is -2.42. The Labute approximate surface area is 139 Å². The van der Waals surface area contributed by atoms with E-state index in [4.69, 9.17) is 5.11 Å². The summed E-state index contributed by atoms with van der Waals surface area (Å²) >= 11 is 0. The minimum atomic E-state index is 0.0112. The van der Waals surface area contributed by atoms with Gasteiger partial charge in [0, 0.05) is 32.2 Å². The maximum Gasteiger partial charge on any atom is 0.317 e. The predicted molar refractivity (Wildman–Crippen MR) is 93.3 cm³/mol. The van der Waals surface area contributed by atoms with Gasteiger partial charge in [-0.1, -0.05) is 44.2 Å². The topological polar surface area (TPSA) is 52.6 Å². The number of nitrogens with one attached hydrogen (secondary N) is 1. The lowest BCUT2D eigenvalue weighted by molar-refractivity contribution is 0.192. The molecule has 1 atom stereocenters. The summed E-state index contributed by atoms with van der Waals surface area (Å²) in [6.07, 6.45) is 4.21. The Morgan fingerprint density at radius 3 is 2.74 bits per heavy atom. The molecule has 1 fully saturated rings. The summed E-state index contributed by atoms with van der Waals surface area (Å²) in [7, 11) is 0. The fraction of sp³-hybridized carbons (Fsp3) is 0.632. The number of likely N-dealkylation sites (tertiary alicyclic amines) is 1. The van der Waals surface area contributed by atoms with Gasteiger partial charge in [0.2, 0.25) is 0 Å². The molecule has 0 aliphatic carbocycles. The third kappa shape index (κ3) is 5.87. The SMILES string of the molecule is CC(C)(CCCc1ccccc1)CNC(=O)N1CCC(CO)C1. The fourth-order valence-corrected chi connectivity index (χ4v) is 3.10. The molecule has 1 heterocycles. The van der Waals surface area contributed by atoms with Crippen molar-refractivity contribution in [3.8, 4) is 0 Å². The van der Waals surface area contributed by atoms with E-state index in [9.17, 15) is 4.79 Å². The van der Waals surface area contributed by atoms with Crippen molar-refractivity contribution in [2.75, 3.05) is 26.2 Å². The molecular formula is C19H30N2O2. The van der Waals surface area contributed by atoms with Gasteiger partial charge in [0.1, 0.15) is 0 Å². The minimum Gasteiger partial charge on any atom is -0.396 e. The van der Waals surface area contributed by atoms with Crippen LogP contribution in [0.3, 0.4) is 0 Å². The summed E-state index contributed by atoms with van der Waals surface area (Å²) in [5.74, 6) is 0.250. The zero-order chi connectivity index (χ0) is 16.7. The summed E-state index contributed by atoms with van der Waals surface area (Å²) in [5.41, 5.74) is 1.47. The van der Waals surface area contributed by atoms with Gasteiger partial charge in [-0.25, -0.2) is 4.79 Å². The van der Waals surface area contributed by atoms with E-state index in [-0.39, 0.29) is 24.0 Å². The van der Waals surface area contributed by atoms with Crippen molar-refractivity contribution >= 4 is 6.03 Å². The second-order valence-electron chi connectivity index (χ2n) is 7.45.